The van der Waals surface area contributed by atoms with Gasteiger partial charge < -0.3 is 31.5 Å². The lowest BCUT2D eigenvalue weighted by Crippen LogP contribution is -2.46. The molecular formula is C28H56N4O6. The molecule has 0 saturated carbocycles. The molecule has 0 rings (SSSR count). The highest BCUT2D eigenvalue weighted by Crippen LogP contribution is 2.38. The Kier molecular flexibility index (Phi) is 16.0. The highest BCUT2D eigenvalue weighted by Gasteiger charge is 2.41. The number of aliphatic hydroxyl groups is 2. The van der Waals surface area contributed by atoms with Gasteiger partial charge >= 0.3 is 0 Å². The maximum absolute atomic E-state index is 12.2. The van der Waals surface area contributed by atoms with Crippen molar-refractivity contribution in [1.29, 1.82) is 0 Å². The van der Waals surface area contributed by atoms with Crippen LogP contribution in [0.1, 0.15) is 94.9 Å². The van der Waals surface area contributed by atoms with Crippen LogP contribution in [-0.2, 0) is 19.2 Å². The zero-order chi connectivity index (χ0) is 30.5. The number of nitrogens with one attached hydrogen (secondary N) is 4. The molecule has 0 aliphatic rings. The molecule has 0 aromatic rings. The molecule has 6 N–H and O–H groups in total. The second-order valence-corrected chi connectivity index (χ2v) is 12.2. The molecule has 4 atom stereocenters. The van der Waals surface area contributed by atoms with Gasteiger partial charge in [-0.1, -0.05) is 55.4 Å². The van der Waals surface area contributed by atoms with Gasteiger partial charge in [0.15, 0.2) is 0 Å². The molecule has 0 saturated heterocycles. The Hall–Kier alpha value is -2.20. The molecule has 0 aliphatic heterocycles. The van der Waals surface area contributed by atoms with Gasteiger partial charge in [0.25, 0.3) is 0 Å². The molecule has 0 aliphatic carbocycles. The zero-order valence-electron chi connectivity index (χ0n) is 25.9. The van der Waals surface area contributed by atoms with Gasteiger partial charge in [0.2, 0.25) is 23.6 Å². The molecule has 0 radical (unpaired) electrons. The van der Waals surface area contributed by atoms with Crippen molar-refractivity contribution >= 4 is 23.6 Å². The van der Waals surface area contributed by atoms with Crippen LogP contribution >= 0.6 is 0 Å². The van der Waals surface area contributed by atoms with Crippen LogP contribution in [0.25, 0.3) is 0 Å². The second kappa shape index (κ2) is 16.0. The number of hydrogen-bond acceptors (Lipinski definition) is 6. The summed E-state index contributed by atoms with van der Waals surface area (Å²) in [6, 6.07) is 0. The highest BCUT2D eigenvalue weighted by atomic mass is 16.3. The largest absolute Gasteiger partial charge is 0.392 e. The third-order valence-corrected chi connectivity index (χ3v) is 7.12. The minimum absolute atomic E-state index is 0.0736. The quantitative estimate of drug-likeness (QED) is 0.197. The van der Waals surface area contributed by atoms with Gasteiger partial charge in [-0.2, -0.15) is 0 Å². The summed E-state index contributed by atoms with van der Waals surface area (Å²) in [7, 11) is 3.20. The predicted molar refractivity (Wildman–Crippen MR) is 151 cm³/mol. The first-order valence-electron chi connectivity index (χ1n) is 13.5. The molecule has 0 bridgehead atoms. The first-order valence-corrected chi connectivity index (χ1v) is 13.5. The summed E-state index contributed by atoms with van der Waals surface area (Å²) >= 11 is 0. The fourth-order valence-corrected chi connectivity index (χ4v) is 4.43. The summed E-state index contributed by atoms with van der Waals surface area (Å²) in [6.45, 7) is 18.6. The molecule has 0 aromatic heterocycles. The van der Waals surface area contributed by atoms with Gasteiger partial charge in [-0.15, -0.1) is 0 Å². The molecular weight excluding hydrogens is 488 g/mol. The summed E-state index contributed by atoms with van der Waals surface area (Å²) in [5, 5.41) is 29.2. The fourth-order valence-electron chi connectivity index (χ4n) is 4.43. The monoisotopic (exact) mass is 544 g/mol. The number of hydrogen-bond donors (Lipinski definition) is 6. The van der Waals surface area contributed by atoms with Crippen LogP contribution in [0.4, 0.5) is 0 Å². The highest BCUT2D eigenvalue weighted by molar-refractivity contribution is 5.86. The van der Waals surface area contributed by atoms with E-state index < -0.39 is 33.9 Å². The standard InChI is InChI=1S/2C14H28N2O3/c2*1-7-14(5,12(19)16-8-10(2)17)9-13(3,4)11(18)15-6/h2*10,17H,7-9H2,1-6H3,(H,15,18)(H,16,19). The summed E-state index contributed by atoms with van der Waals surface area (Å²) in [5.74, 6) is -0.383. The smallest absolute Gasteiger partial charge is 0.226 e. The van der Waals surface area contributed by atoms with Crippen molar-refractivity contribution in [3.63, 3.8) is 0 Å². The van der Waals surface area contributed by atoms with Gasteiger partial charge in [-0.05, 0) is 39.5 Å². The van der Waals surface area contributed by atoms with E-state index in [4.69, 9.17) is 0 Å². The van der Waals surface area contributed by atoms with Gasteiger partial charge in [-0.25, -0.2) is 0 Å². The van der Waals surface area contributed by atoms with Crippen LogP contribution in [0.15, 0.2) is 0 Å². The number of carbonyl (C=O) groups is 4. The number of amides is 4. The van der Waals surface area contributed by atoms with Crippen molar-refractivity contribution in [2.75, 3.05) is 27.2 Å². The lowest BCUT2D eigenvalue weighted by Gasteiger charge is -2.34. The Morgan fingerprint density at radius 2 is 0.868 bits per heavy atom. The summed E-state index contributed by atoms with van der Waals surface area (Å²) in [4.78, 5) is 48.1. The summed E-state index contributed by atoms with van der Waals surface area (Å²) in [5.41, 5.74) is -2.46. The predicted octanol–water partition coefficient (Wildman–Crippen LogP) is 2.12. The van der Waals surface area contributed by atoms with E-state index >= 15 is 0 Å². The van der Waals surface area contributed by atoms with E-state index in [9.17, 15) is 29.4 Å². The molecule has 0 heterocycles. The Morgan fingerprint density at radius 3 is 1.05 bits per heavy atom. The number of aliphatic hydroxyl groups excluding tert-OH is 2. The SMILES string of the molecule is CCC(C)(CC(C)(C)C(=O)NC)C(=O)NCC(C)O.CCC(C)(CC(C)(C)C(=O)NC)C(=O)NCC(C)O. The van der Waals surface area contributed by atoms with Crippen molar-refractivity contribution in [3.8, 4) is 0 Å². The maximum atomic E-state index is 12.2. The molecule has 4 amide bonds. The van der Waals surface area contributed by atoms with E-state index in [1.165, 1.54) is 0 Å². The van der Waals surface area contributed by atoms with Crippen molar-refractivity contribution < 1.29 is 29.4 Å². The van der Waals surface area contributed by atoms with E-state index in [0.717, 1.165) is 0 Å². The first kappa shape index (κ1) is 37.9. The van der Waals surface area contributed by atoms with Crippen LogP contribution < -0.4 is 21.3 Å². The minimum Gasteiger partial charge on any atom is -0.392 e. The van der Waals surface area contributed by atoms with E-state index in [1.54, 1.807) is 27.9 Å². The molecule has 10 nitrogen and oxygen atoms in total. The lowest BCUT2D eigenvalue weighted by atomic mass is 9.71. The van der Waals surface area contributed by atoms with Crippen molar-refractivity contribution in [3.05, 3.63) is 0 Å². The first-order chi connectivity index (χ1) is 17.2. The van der Waals surface area contributed by atoms with Gasteiger partial charge in [-0.3, -0.25) is 19.2 Å². The van der Waals surface area contributed by atoms with Gasteiger partial charge in [0.05, 0.1) is 12.2 Å². The summed E-state index contributed by atoms with van der Waals surface area (Å²) in [6.07, 6.45) is 1.05. The summed E-state index contributed by atoms with van der Waals surface area (Å²) < 4.78 is 0. The van der Waals surface area contributed by atoms with Gasteiger partial charge in [0, 0.05) is 48.8 Å². The average molecular weight is 545 g/mol. The Labute approximate surface area is 230 Å². The lowest BCUT2D eigenvalue weighted by molar-refractivity contribution is -0.138. The zero-order valence-corrected chi connectivity index (χ0v) is 25.9. The molecule has 0 aromatic carbocycles. The third-order valence-electron chi connectivity index (χ3n) is 7.12. The molecule has 38 heavy (non-hydrogen) atoms. The molecule has 224 valence electrons. The second-order valence-electron chi connectivity index (χ2n) is 12.2. The van der Waals surface area contributed by atoms with E-state index in [0.29, 0.717) is 25.7 Å². The fraction of sp³-hybridized carbons (Fsp3) is 0.857. The van der Waals surface area contributed by atoms with Gasteiger partial charge in [0.1, 0.15) is 0 Å². The van der Waals surface area contributed by atoms with Crippen LogP contribution in [0.5, 0.6) is 0 Å². The van der Waals surface area contributed by atoms with Crippen molar-refractivity contribution in [2.45, 2.75) is 107 Å². The molecule has 0 spiro atoms. The normalized spacial score (nSPS) is 16.4. The number of rotatable bonds is 14. The Bertz CT molecular complexity index is 717. The Morgan fingerprint density at radius 1 is 0.605 bits per heavy atom. The average Bonchev–Trinajstić information content (AvgIpc) is 2.83. The minimum atomic E-state index is -0.620. The van der Waals surface area contributed by atoms with Crippen LogP contribution in [0.3, 0.4) is 0 Å². The van der Waals surface area contributed by atoms with Crippen LogP contribution in [-0.4, -0.2) is 73.2 Å². The van der Waals surface area contributed by atoms with Crippen LogP contribution in [0, 0.1) is 21.7 Å². The third kappa shape index (κ3) is 12.6. The number of carbonyl (C=O) groups excluding carboxylic acids is 4. The molecule has 4 unspecified atom stereocenters. The van der Waals surface area contributed by atoms with Crippen molar-refractivity contribution in [1.82, 2.24) is 21.3 Å². The van der Waals surface area contributed by atoms with E-state index in [2.05, 4.69) is 21.3 Å². The molecule has 10 heteroatoms. The Balaban J connectivity index is 0. The topological polar surface area (TPSA) is 157 Å². The van der Waals surface area contributed by atoms with E-state index in [-0.39, 0.29) is 36.7 Å². The molecule has 0 fully saturated rings. The van der Waals surface area contributed by atoms with Crippen molar-refractivity contribution in [2.24, 2.45) is 21.7 Å². The maximum Gasteiger partial charge on any atom is 0.226 e. The van der Waals surface area contributed by atoms with Crippen LogP contribution in [0.2, 0.25) is 0 Å². The van der Waals surface area contributed by atoms with E-state index in [1.807, 2.05) is 55.4 Å².